The van der Waals surface area contributed by atoms with E-state index in [1.54, 1.807) is 24.3 Å². The summed E-state index contributed by atoms with van der Waals surface area (Å²) < 4.78 is 0. The second-order valence-corrected chi connectivity index (χ2v) is 6.83. The number of nitrogens with two attached hydrogens (primary N) is 1. The molecule has 0 aliphatic heterocycles. The molecule has 0 heterocycles. The maximum absolute atomic E-state index is 12.4. The van der Waals surface area contributed by atoms with Crippen molar-refractivity contribution in [3.8, 4) is 0 Å². The molecule has 2 aromatic rings. The molecule has 144 valence electrons. The number of rotatable bonds is 5. The summed E-state index contributed by atoms with van der Waals surface area (Å²) >= 11 is 0. The third-order valence-corrected chi connectivity index (χ3v) is 4.77. The monoisotopic (exact) mass is 387 g/mol. The number of halogens is 1. The molecule has 27 heavy (non-hydrogen) atoms. The molecule has 4 N–H and O–H groups in total. The summed E-state index contributed by atoms with van der Waals surface area (Å²) in [6, 6.07) is 14.5. The minimum atomic E-state index is -0.172. The van der Waals surface area contributed by atoms with Crippen LogP contribution in [0.3, 0.4) is 0 Å². The zero-order valence-electron chi connectivity index (χ0n) is 15.2. The summed E-state index contributed by atoms with van der Waals surface area (Å²) in [7, 11) is 0. The van der Waals surface area contributed by atoms with Gasteiger partial charge in [0.2, 0.25) is 5.91 Å². The minimum Gasteiger partial charge on any atom is -0.399 e. The number of carbonyl (C=O) groups excluding carboxylic acids is 2. The van der Waals surface area contributed by atoms with E-state index in [1.807, 2.05) is 24.3 Å². The lowest BCUT2D eigenvalue weighted by Crippen LogP contribution is -2.25. The summed E-state index contributed by atoms with van der Waals surface area (Å²) in [5, 5.41) is 5.89. The Labute approximate surface area is 166 Å². The van der Waals surface area contributed by atoms with E-state index in [0.29, 0.717) is 17.8 Å². The van der Waals surface area contributed by atoms with Gasteiger partial charge in [-0.1, -0.05) is 37.5 Å². The van der Waals surface area contributed by atoms with Crippen molar-refractivity contribution in [3.05, 3.63) is 59.7 Å². The van der Waals surface area contributed by atoms with Gasteiger partial charge in [0.15, 0.2) is 0 Å². The smallest absolute Gasteiger partial charge is 0.251 e. The van der Waals surface area contributed by atoms with Gasteiger partial charge < -0.3 is 16.4 Å². The average Bonchev–Trinajstić information content (AvgIpc) is 2.67. The highest BCUT2D eigenvalue weighted by atomic mass is 35.5. The normalized spacial score (nSPS) is 14.1. The fraction of sp³-hybridized carbons (Fsp3) is 0.333. The van der Waals surface area contributed by atoms with E-state index in [9.17, 15) is 9.59 Å². The van der Waals surface area contributed by atoms with Crippen LogP contribution in [-0.2, 0) is 11.3 Å². The Hall–Kier alpha value is -2.53. The van der Waals surface area contributed by atoms with Crippen LogP contribution in [0.1, 0.15) is 48.0 Å². The van der Waals surface area contributed by atoms with Crippen molar-refractivity contribution in [2.75, 3.05) is 11.1 Å². The molecule has 1 aliphatic rings. The molecule has 0 spiro atoms. The van der Waals surface area contributed by atoms with Crippen LogP contribution >= 0.6 is 12.4 Å². The Bertz CT molecular complexity index is 789. The largest absolute Gasteiger partial charge is 0.399 e. The highest BCUT2D eigenvalue weighted by Gasteiger charge is 2.21. The summed E-state index contributed by atoms with van der Waals surface area (Å²) in [6.45, 7) is 0.390. The second-order valence-electron chi connectivity index (χ2n) is 6.83. The van der Waals surface area contributed by atoms with Crippen molar-refractivity contribution < 1.29 is 9.59 Å². The maximum atomic E-state index is 12.4. The third kappa shape index (κ3) is 6.00. The fourth-order valence-electron chi connectivity index (χ4n) is 3.33. The molecular weight excluding hydrogens is 362 g/mol. The van der Waals surface area contributed by atoms with Gasteiger partial charge in [-0.3, -0.25) is 9.59 Å². The van der Waals surface area contributed by atoms with Crippen molar-refractivity contribution in [1.29, 1.82) is 0 Å². The summed E-state index contributed by atoms with van der Waals surface area (Å²) in [4.78, 5) is 24.6. The molecule has 0 radical (unpaired) electrons. The number of anilines is 2. The number of hydrogen-bond donors (Lipinski definition) is 3. The van der Waals surface area contributed by atoms with E-state index >= 15 is 0 Å². The molecule has 2 amide bonds. The van der Waals surface area contributed by atoms with Gasteiger partial charge in [0.05, 0.1) is 0 Å². The topological polar surface area (TPSA) is 84.2 Å². The van der Waals surface area contributed by atoms with Crippen molar-refractivity contribution >= 4 is 35.6 Å². The van der Waals surface area contributed by atoms with Gasteiger partial charge in [-0.15, -0.1) is 12.4 Å². The predicted octanol–water partition coefficient (Wildman–Crippen LogP) is 4.14. The van der Waals surface area contributed by atoms with Crippen LogP contribution < -0.4 is 16.4 Å². The van der Waals surface area contributed by atoms with Crippen LogP contribution in [0.5, 0.6) is 0 Å². The molecule has 6 heteroatoms. The van der Waals surface area contributed by atoms with Crippen molar-refractivity contribution in [2.45, 2.75) is 38.6 Å². The van der Waals surface area contributed by atoms with Gasteiger partial charge in [0.25, 0.3) is 5.91 Å². The van der Waals surface area contributed by atoms with E-state index < -0.39 is 0 Å². The van der Waals surface area contributed by atoms with Crippen LogP contribution in [0.15, 0.2) is 48.5 Å². The number of amides is 2. The SMILES string of the molecule is Cl.Nc1cccc(C(=O)NCc2cccc(NC(=O)C3CCCCC3)c2)c1. The molecular formula is C21H26ClN3O2. The first-order valence-corrected chi connectivity index (χ1v) is 9.15. The molecule has 1 fully saturated rings. The molecule has 5 nitrogen and oxygen atoms in total. The first kappa shape index (κ1) is 20.8. The van der Waals surface area contributed by atoms with Gasteiger partial charge >= 0.3 is 0 Å². The Morgan fingerprint density at radius 3 is 2.48 bits per heavy atom. The quantitative estimate of drug-likeness (QED) is 0.674. The van der Waals surface area contributed by atoms with Gasteiger partial charge in [-0.05, 0) is 48.7 Å². The number of hydrogen-bond acceptors (Lipinski definition) is 3. The predicted molar refractivity (Wildman–Crippen MR) is 111 cm³/mol. The number of nitrogens with one attached hydrogen (secondary N) is 2. The van der Waals surface area contributed by atoms with Crippen LogP contribution in [0.4, 0.5) is 11.4 Å². The average molecular weight is 388 g/mol. The molecule has 0 atom stereocenters. The van der Waals surface area contributed by atoms with Crippen LogP contribution in [-0.4, -0.2) is 11.8 Å². The van der Waals surface area contributed by atoms with Crippen LogP contribution in [0.2, 0.25) is 0 Å². The van der Waals surface area contributed by atoms with E-state index in [4.69, 9.17) is 5.73 Å². The minimum absolute atomic E-state index is 0. The lowest BCUT2D eigenvalue weighted by Gasteiger charge is -2.20. The van der Waals surface area contributed by atoms with E-state index in [2.05, 4.69) is 10.6 Å². The Morgan fingerprint density at radius 2 is 1.74 bits per heavy atom. The lowest BCUT2D eigenvalue weighted by atomic mass is 9.88. The number of nitrogen functional groups attached to an aromatic ring is 1. The number of benzene rings is 2. The fourth-order valence-corrected chi connectivity index (χ4v) is 3.33. The number of carbonyl (C=O) groups is 2. The van der Waals surface area contributed by atoms with Gasteiger partial charge in [0.1, 0.15) is 0 Å². The molecule has 2 aromatic carbocycles. The van der Waals surface area contributed by atoms with Crippen molar-refractivity contribution in [1.82, 2.24) is 5.32 Å². The molecule has 0 aromatic heterocycles. The van der Waals surface area contributed by atoms with Gasteiger partial charge in [-0.25, -0.2) is 0 Å². The van der Waals surface area contributed by atoms with E-state index in [-0.39, 0.29) is 30.1 Å². The molecule has 0 saturated heterocycles. The summed E-state index contributed by atoms with van der Waals surface area (Å²) in [6.07, 6.45) is 5.44. The molecule has 0 unspecified atom stereocenters. The van der Waals surface area contributed by atoms with Crippen molar-refractivity contribution in [3.63, 3.8) is 0 Å². The lowest BCUT2D eigenvalue weighted by molar-refractivity contribution is -0.120. The van der Waals surface area contributed by atoms with Crippen molar-refractivity contribution in [2.24, 2.45) is 5.92 Å². The zero-order valence-corrected chi connectivity index (χ0v) is 16.1. The highest BCUT2D eigenvalue weighted by Crippen LogP contribution is 2.25. The summed E-state index contributed by atoms with van der Waals surface area (Å²) in [5.74, 6) is 0.0511. The van der Waals surface area contributed by atoms with E-state index in [1.165, 1.54) is 6.42 Å². The molecule has 1 aliphatic carbocycles. The molecule has 1 saturated carbocycles. The Kier molecular flexibility index (Phi) is 7.67. The zero-order chi connectivity index (χ0) is 18.4. The maximum Gasteiger partial charge on any atom is 0.251 e. The highest BCUT2D eigenvalue weighted by molar-refractivity contribution is 5.95. The first-order chi connectivity index (χ1) is 12.6. The third-order valence-electron chi connectivity index (χ3n) is 4.77. The second kappa shape index (κ2) is 9.97. The first-order valence-electron chi connectivity index (χ1n) is 9.15. The van der Waals surface area contributed by atoms with Gasteiger partial charge in [0, 0.05) is 29.4 Å². The van der Waals surface area contributed by atoms with E-state index in [0.717, 1.165) is 36.9 Å². The molecule has 3 rings (SSSR count). The van der Waals surface area contributed by atoms with Crippen LogP contribution in [0.25, 0.3) is 0 Å². The Balaban J connectivity index is 0.00000261. The van der Waals surface area contributed by atoms with Gasteiger partial charge in [-0.2, -0.15) is 0 Å². The standard InChI is InChI=1S/C21H25N3O2.ClH/c22-18-10-5-9-17(13-18)20(25)23-14-15-6-4-11-19(12-15)24-21(26)16-7-2-1-3-8-16;/h4-6,9-13,16H,1-3,7-8,14,22H2,(H,23,25)(H,24,26);1H. The summed E-state index contributed by atoms with van der Waals surface area (Å²) in [5.41, 5.74) is 8.51. The Morgan fingerprint density at radius 1 is 1.00 bits per heavy atom. The molecule has 0 bridgehead atoms. The van der Waals surface area contributed by atoms with Crippen LogP contribution in [0, 0.1) is 5.92 Å².